The summed E-state index contributed by atoms with van der Waals surface area (Å²) in [6.45, 7) is 5.95. The van der Waals surface area contributed by atoms with E-state index in [1.165, 1.54) is 0 Å². The van der Waals surface area contributed by atoms with Gasteiger partial charge in [-0.15, -0.1) is 0 Å². The van der Waals surface area contributed by atoms with Crippen molar-refractivity contribution < 1.29 is 9.90 Å². The van der Waals surface area contributed by atoms with E-state index in [1.807, 2.05) is 20.8 Å². The molecule has 0 atom stereocenters. The lowest BCUT2D eigenvalue weighted by molar-refractivity contribution is -0.115. The first-order valence-corrected chi connectivity index (χ1v) is 4.29. The molecule has 68 valence electrons. The number of rotatable bonds is 0. The monoisotopic (exact) mass is 168 g/mol. The van der Waals surface area contributed by atoms with Crippen LogP contribution in [0.3, 0.4) is 0 Å². The van der Waals surface area contributed by atoms with Crippen molar-refractivity contribution in [1.82, 2.24) is 0 Å². The summed E-state index contributed by atoms with van der Waals surface area (Å²) >= 11 is 0. The van der Waals surface area contributed by atoms with Crippen LogP contribution in [0.5, 0.6) is 0 Å². The van der Waals surface area contributed by atoms with Crippen LogP contribution in [0.4, 0.5) is 0 Å². The number of aliphatic hydroxyl groups is 1. The maximum Gasteiger partial charge on any atom is 0.166 e. The average Bonchev–Trinajstić information content (AvgIpc) is 2.13. The molecule has 0 unspecified atom stereocenters. The number of hydrogen-bond donors (Lipinski definition) is 1. The van der Waals surface area contributed by atoms with Gasteiger partial charge in [0.15, 0.2) is 5.78 Å². The van der Waals surface area contributed by atoms with Gasteiger partial charge in [0, 0.05) is 6.42 Å². The minimum absolute atomic E-state index is 0.0353. The Morgan fingerprint density at radius 3 is 2.42 bits per heavy atom. The normalized spacial score (nSPS) is 19.8. The second-order valence-corrected chi connectivity index (χ2v) is 2.50. The standard InChI is InChI=1S/C8H10O2.C2H6/c1-6-2-3-8(10)7(4-6)5-9;1-2/h4-5,9H,2-3H2,1H3;1-2H3/b7-5+;. The van der Waals surface area contributed by atoms with Crippen molar-refractivity contribution in [2.24, 2.45) is 0 Å². The van der Waals surface area contributed by atoms with Gasteiger partial charge in [-0.3, -0.25) is 4.79 Å². The van der Waals surface area contributed by atoms with Gasteiger partial charge >= 0.3 is 0 Å². The zero-order chi connectivity index (χ0) is 9.56. The smallest absolute Gasteiger partial charge is 0.166 e. The van der Waals surface area contributed by atoms with E-state index in [0.29, 0.717) is 12.0 Å². The highest BCUT2D eigenvalue weighted by Crippen LogP contribution is 2.17. The van der Waals surface area contributed by atoms with Crippen LogP contribution in [0, 0.1) is 0 Å². The molecule has 2 nitrogen and oxygen atoms in total. The first-order chi connectivity index (χ1) is 5.74. The minimum Gasteiger partial charge on any atom is -0.515 e. The topological polar surface area (TPSA) is 37.3 Å². The zero-order valence-corrected chi connectivity index (χ0v) is 7.92. The highest BCUT2D eigenvalue weighted by Gasteiger charge is 2.12. The number of Topliss-reactive ketones (excluding diaryl/α,β-unsaturated/α-hetero) is 1. The van der Waals surface area contributed by atoms with E-state index in [2.05, 4.69) is 0 Å². The van der Waals surface area contributed by atoms with Crippen molar-refractivity contribution in [1.29, 1.82) is 0 Å². The van der Waals surface area contributed by atoms with E-state index in [9.17, 15) is 4.79 Å². The van der Waals surface area contributed by atoms with Crippen LogP contribution in [0.15, 0.2) is 23.5 Å². The van der Waals surface area contributed by atoms with Crippen LogP contribution in [0.2, 0.25) is 0 Å². The molecule has 0 saturated carbocycles. The molecule has 1 aliphatic rings. The summed E-state index contributed by atoms with van der Waals surface area (Å²) in [7, 11) is 0. The van der Waals surface area contributed by atoms with E-state index < -0.39 is 0 Å². The molecule has 1 aliphatic carbocycles. The average molecular weight is 168 g/mol. The highest BCUT2D eigenvalue weighted by atomic mass is 16.2. The van der Waals surface area contributed by atoms with Crippen LogP contribution in [0.25, 0.3) is 0 Å². The Hall–Kier alpha value is -1.05. The number of hydrogen-bond acceptors (Lipinski definition) is 2. The van der Waals surface area contributed by atoms with Crippen LogP contribution in [-0.2, 0) is 4.79 Å². The molecule has 2 heteroatoms. The molecule has 0 aromatic heterocycles. The van der Waals surface area contributed by atoms with Gasteiger partial charge in [-0.25, -0.2) is 0 Å². The summed E-state index contributed by atoms with van der Waals surface area (Å²) in [5, 5.41) is 8.55. The lowest BCUT2D eigenvalue weighted by Gasteiger charge is -2.08. The maximum absolute atomic E-state index is 10.9. The van der Waals surface area contributed by atoms with E-state index in [-0.39, 0.29) is 5.78 Å². The van der Waals surface area contributed by atoms with Crippen LogP contribution in [-0.4, -0.2) is 10.9 Å². The Bertz CT molecular complexity index is 212. The summed E-state index contributed by atoms with van der Waals surface area (Å²) in [5.41, 5.74) is 1.59. The molecule has 1 rings (SSSR count). The van der Waals surface area contributed by atoms with Crippen molar-refractivity contribution in [3.63, 3.8) is 0 Å². The van der Waals surface area contributed by atoms with E-state index >= 15 is 0 Å². The third-order valence-corrected chi connectivity index (χ3v) is 1.61. The quantitative estimate of drug-likeness (QED) is 0.446. The van der Waals surface area contributed by atoms with Gasteiger partial charge < -0.3 is 5.11 Å². The van der Waals surface area contributed by atoms with Gasteiger partial charge in [0.05, 0.1) is 11.8 Å². The number of carbonyl (C=O) groups excluding carboxylic acids is 1. The molecule has 0 amide bonds. The van der Waals surface area contributed by atoms with E-state index in [0.717, 1.165) is 18.3 Å². The minimum atomic E-state index is 0.0353. The Labute approximate surface area is 73.6 Å². The van der Waals surface area contributed by atoms with Gasteiger partial charge in [-0.05, 0) is 19.4 Å². The van der Waals surface area contributed by atoms with Gasteiger partial charge in [0.25, 0.3) is 0 Å². The summed E-state index contributed by atoms with van der Waals surface area (Å²) in [6, 6.07) is 0. The van der Waals surface area contributed by atoms with Crippen molar-refractivity contribution in [2.75, 3.05) is 0 Å². The fraction of sp³-hybridized carbons (Fsp3) is 0.500. The number of aliphatic hydroxyl groups excluding tert-OH is 1. The lowest BCUT2D eigenvalue weighted by Crippen LogP contribution is -2.06. The molecule has 0 aliphatic heterocycles. The second kappa shape index (κ2) is 5.58. The van der Waals surface area contributed by atoms with Crippen molar-refractivity contribution >= 4 is 5.78 Å². The molecule has 0 radical (unpaired) electrons. The van der Waals surface area contributed by atoms with E-state index in [4.69, 9.17) is 5.11 Å². The van der Waals surface area contributed by atoms with Gasteiger partial charge in [0.2, 0.25) is 0 Å². The molecular formula is C10H16O2. The molecule has 0 fully saturated rings. The van der Waals surface area contributed by atoms with Crippen molar-refractivity contribution in [3.8, 4) is 0 Å². The largest absolute Gasteiger partial charge is 0.515 e. The van der Waals surface area contributed by atoms with E-state index in [1.54, 1.807) is 6.08 Å². The Balaban J connectivity index is 0.000000561. The third kappa shape index (κ3) is 2.91. The Morgan fingerprint density at radius 1 is 1.42 bits per heavy atom. The van der Waals surface area contributed by atoms with Crippen LogP contribution < -0.4 is 0 Å². The molecule has 0 saturated heterocycles. The number of carbonyl (C=O) groups is 1. The summed E-state index contributed by atoms with van der Waals surface area (Å²) in [4.78, 5) is 10.9. The molecule has 12 heavy (non-hydrogen) atoms. The van der Waals surface area contributed by atoms with Crippen molar-refractivity contribution in [2.45, 2.75) is 33.6 Å². The molecular weight excluding hydrogens is 152 g/mol. The molecule has 0 aromatic carbocycles. The fourth-order valence-electron chi connectivity index (χ4n) is 0.982. The summed E-state index contributed by atoms with van der Waals surface area (Å²) in [5.74, 6) is 0.0353. The second-order valence-electron chi connectivity index (χ2n) is 2.50. The molecule has 0 spiro atoms. The Morgan fingerprint density at radius 2 is 2.00 bits per heavy atom. The zero-order valence-electron chi connectivity index (χ0n) is 7.92. The number of ketones is 1. The SMILES string of the molecule is CC.CC1=C/C(=C\O)C(=O)CC1. The molecule has 0 aromatic rings. The van der Waals surface area contributed by atoms with Crippen molar-refractivity contribution in [3.05, 3.63) is 23.5 Å². The lowest BCUT2D eigenvalue weighted by atomic mass is 9.96. The first-order valence-electron chi connectivity index (χ1n) is 4.29. The Kier molecular flexibility index (Phi) is 5.09. The highest BCUT2D eigenvalue weighted by molar-refractivity contribution is 5.99. The first kappa shape index (κ1) is 11.0. The fourth-order valence-corrected chi connectivity index (χ4v) is 0.982. The van der Waals surface area contributed by atoms with Crippen LogP contribution in [0.1, 0.15) is 33.6 Å². The molecule has 0 bridgehead atoms. The summed E-state index contributed by atoms with van der Waals surface area (Å²) in [6.07, 6.45) is 3.97. The predicted octanol–water partition coefficient (Wildman–Crippen LogP) is 2.76. The molecule has 1 N–H and O–H groups in total. The maximum atomic E-state index is 10.9. The van der Waals surface area contributed by atoms with Gasteiger partial charge in [-0.2, -0.15) is 0 Å². The number of allylic oxidation sites excluding steroid dienone is 3. The third-order valence-electron chi connectivity index (χ3n) is 1.61. The van der Waals surface area contributed by atoms with Crippen LogP contribution >= 0.6 is 0 Å². The predicted molar refractivity (Wildman–Crippen MR) is 50.1 cm³/mol. The summed E-state index contributed by atoms with van der Waals surface area (Å²) < 4.78 is 0. The van der Waals surface area contributed by atoms with Gasteiger partial charge in [0.1, 0.15) is 0 Å². The van der Waals surface area contributed by atoms with Gasteiger partial charge in [-0.1, -0.05) is 19.4 Å². The molecule has 0 heterocycles.